The molecular weight excluding hydrogens is 350 g/mol. The Hall–Kier alpha value is -1.26. The number of hydrogen-bond acceptors (Lipinski definition) is 4. The fraction of sp³-hybridized carbons (Fsp3) is 0.750. The summed E-state index contributed by atoms with van der Waals surface area (Å²) in [7, 11) is 3.66. The van der Waals surface area contributed by atoms with Gasteiger partial charge in [0.15, 0.2) is 11.5 Å². The monoisotopic (exact) mass is 383 g/mol. The fourth-order valence-corrected chi connectivity index (χ4v) is 7.74. The van der Waals surface area contributed by atoms with E-state index in [-0.39, 0.29) is 10.8 Å². The fourth-order valence-electron chi connectivity index (χ4n) is 7.74. The van der Waals surface area contributed by atoms with Crippen molar-refractivity contribution in [3.05, 3.63) is 23.8 Å². The summed E-state index contributed by atoms with van der Waals surface area (Å²) in [5.74, 6) is 4.19. The standard InChI is InChI=1S/C24H33NO3/c1-26-14-18-12-17-8-9-23(18)15-25(13-16-6-7-16)11-10-24(23)19-4-3-5-20(27-2)21(19)28-22(17)24/h3-5,16-18,22H,6-15H2,1-2H3. The molecule has 1 aromatic carbocycles. The van der Waals surface area contributed by atoms with Crippen molar-refractivity contribution in [2.24, 2.45) is 23.2 Å². The Morgan fingerprint density at radius 3 is 2.86 bits per heavy atom. The van der Waals surface area contributed by atoms with Crippen LogP contribution < -0.4 is 9.47 Å². The van der Waals surface area contributed by atoms with Crippen LogP contribution in [0.4, 0.5) is 0 Å². The molecule has 5 fully saturated rings. The van der Waals surface area contributed by atoms with Gasteiger partial charge in [-0.3, -0.25) is 0 Å². The summed E-state index contributed by atoms with van der Waals surface area (Å²) in [6, 6.07) is 6.59. The van der Waals surface area contributed by atoms with E-state index < -0.39 is 0 Å². The molecule has 2 bridgehead atoms. The zero-order chi connectivity index (χ0) is 18.9. The summed E-state index contributed by atoms with van der Waals surface area (Å²) in [6.07, 6.45) is 8.30. The molecule has 0 amide bonds. The predicted octanol–water partition coefficient (Wildman–Crippen LogP) is 3.87. The van der Waals surface area contributed by atoms with E-state index in [1.54, 1.807) is 7.11 Å². The lowest BCUT2D eigenvalue weighted by atomic mass is 9.39. The van der Waals surface area contributed by atoms with Crippen LogP contribution >= 0.6 is 0 Å². The third-order valence-electron chi connectivity index (χ3n) is 8.97. The highest BCUT2D eigenvalue weighted by atomic mass is 16.5. The van der Waals surface area contributed by atoms with E-state index in [1.165, 1.54) is 63.7 Å². The van der Waals surface area contributed by atoms with Gasteiger partial charge in [-0.25, -0.2) is 0 Å². The molecule has 2 spiro atoms. The molecule has 2 heterocycles. The molecule has 4 aliphatic carbocycles. The highest BCUT2D eigenvalue weighted by Crippen LogP contribution is 2.71. The summed E-state index contributed by atoms with van der Waals surface area (Å²) >= 11 is 0. The van der Waals surface area contributed by atoms with Gasteiger partial charge in [0.1, 0.15) is 6.10 Å². The normalized spacial score (nSPS) is 41.1. The minimum atomic E-state index is 0.140. The zero-order valence-electron chi connectivity index (χ0n) is 17.3. The van der Waals surface area contributed by atoms with Crippen molar-refractivity contribution in [1.82, 2.24) is 4.90 Å². The lowest BCUT2D eigenvalue weighted by Gasteiger charge is -2.67. The van der Waals surface area contributed by atoms with Crippen LogP contribution in [0, 0.1) is 23.2 Å². The summed E-state index contributed by atoms with van der Waals surface area (Å²) < 4.78 is 18.3. The largest absolute Gasteiger partial charge is 0.493 e. The molecule has 28 heavy (non-hydrogen) atoms. The molecular formula is C24H33NO3. The molecule has 7 rings (SSSR count). The maximum Gasteiger partial charge on any atom is 0.165 e. The number of para-hydroxylation sites is 1. The maximum absolute atomic E-state index is 6.79. The summed E-state index contributed by atoms with van der Waals surface area (Å²) in [5, 5.41) is 0. The van der Waals surface area contributed by atoms with Gasteiger partial charge >= 0.3 is 0 Å². The van der Waals surface area contributed by atoms with Gasteiger partial charge in [0.2, 0.25) is 0 Å². The first kappa shape index (κ1) is 17.6. The molecule has 4 saturated carbocycles. The SMILES string of the molecule is COCC1CC2CCC13CN(CC1CC1)CCC31c3cccc(OC)c3OC21. The van der Waals surface area contributed by atoms with Crippen molar-refractivity contribution in [3.63, 3.8) is 0 Å². The van der Waals surface area contributed by atoms with Crippen LogP contribution in [0.2, 0.25) is 0 Å². The second kappa shape index (κ2) is 6.12. The lowest BCUT2D eigenvalue weighted by Crippen LogP contribution is -2.72. The first-order valence-electron chi connectivity index (χ1n) is 11.3. The van der Waals surface area contributed by atoms with Crippen LogP contribution in [-0.4, -0.2) is 51.5 Å². The smallest absolute Gasteiger partial charge is 0.165 e. The molecule has 1 saturated heterocycles. The Balaban J connectivity index is 1.49. The molecule has 1 aromatic rings. The minimum absolute atomic E-state index is 0.140. The van der Waals surface area contributed by atoms with Crippen molar-refractivity contribution < 1.29 is 14.2 Å². The third kappa shape index (κ3) is 2.14. The second-order valence-electron chi connectivity index (χ2n) is 10.1. The van der Waals surface area contributed by atoms with Crippen molar-refractivity contribution >= 4 is 0 Å². The highest BCUT2D eigenvalue weighted by Gasteiger charge is 2.72. The first-order valence-corrected chi connectivity index (χ1v) is 11.3. The molecule has 2 aliphatic heterocycles. The van der Waals surface area contributed by atoms with Crippen LogP contribution in [-0.2, 0) is 10.2 Å². The van der Waals surface area contributed by atoms with Crippen LogP contribution in [0.3, 0.4) is 0 Å². The molecule has 0 aromatic heterocycles. The molecule has 4 nitrogen and oxygen atoms in total. The predicted molar refractivity (Wildman–Crippen MR) is 108 cm³/mol. The number of fused-ring (bicyclic) bond motifs is 3. The van der Waals surface area contributed by atoms with Crippen LogP contribution in [0.5, 0.6) is 11.5 Å². The number of nitrogens with zero attached hydrogens (tertiary/aromatic N) is 1. The Bertz CT molecular complexity index is 777. The summed E-state index contributed by atoms with van der Waals surface area (Å²) in [5.41, 5.74) is 1.85. The quantitative estimate of drug-likeness (QED) is 0.772. The van der Waals surface area contributed by atoms with E-state index in [4.69, 9.17) is 14.2 Å². The number of ether oxygens (including phenoxy) is 3. The molecule has 5 atom stereocenters. The molecule has 6 aliphatic rings. The number of rotatable bonds is 5. The highest BCUT2D eigenvalue weighted by molar-refractivity contribution is 5.57. The third-order valence-corrected chi connectivity index (χ3v) is 8.97. The molecule has 0 N–H and O–H groups in total. The lowest BCUT2D eigenvalue weighted by molar-refractivity contribution is -0.188. The molecule has 4 heteroatoms. The van der Waals surface area contributed by atoms with Gasteiger partial charge in [-0.2, -0.15) is 0 Å². The van der Waals surface area contributed by atoms with Gasteiger partial charge in [-0.15, -0.1) is 0 Å². The van der Waals surface area contributed by atoms with Crippen LogP contribution in [0.15, 0.2) is 18.2 Å². The molecule has 0 radical (unpaired) electrons. The van der Waals surface area contributed by atoms with Crippen molar-refractivity contribution in [2.45, 2.75) is 50.0 Å². The zero-order valence-corrected chi connectivity index (χ0v) is 17.3. The van der Waals surface area contributed by atoms with E-state index >= 15 is 0 Å². The Morgan fingerprint density at radius 2 is 2.07 bits per heavy atom. The van der Waals surface area contributed by atoms with Crippen LogP contribution in [0.1, 0.15) is 44.1 Å². The van der Waals surface area contributed by atoms with Crippen LogP contribution in [0.25, 0.3) is 0 Å². The first-order chi connectivity index (χ1) is 13.7. The van der Waals surface area contributed by atoms with Crippen molar-refractivity contribution in [2.75, 3.05) is 40.5 Å². The Kier molecular flexibility index (Phi) is 3.84. The van der Waals surface area contributed by atoms with E-state index in [1.807, 2.05) is 7.11 Å². The number of methoxy groups -OCH3 is 2. The maximum atomic E-state index is 6.79. The van der Waals surface area contributed by atoms with Gasteiger partial charge in [0.25, 0.3) is 0 Å². The topological polar surface area (TPSA) is 30.9 Å². The van der Waals surface area contributed by atoms with Gasteiger partial charge in [-0.1, -0.05) is 12.1 Å². The van der Waals surface area contributed by atoms with E-state index in [2.05, 4.69) is 23.1 Å². The van der Waals surface area contributed by atoms with Gasteiger partial charge in [-0.05, 0) is 68.9 Å². The van der Waals surface area contributed by atoms with E-state index in [9.17, 15) is 0 Å². The number of likely N-dealkylation sites (tertiary alicyclic amines) is 1. The summed E-state index contributed by atoms with van der Waals surface area (Å²) in [4.78, 5) is 2.80. The number of benzene rings is 1. The average Bonchev–Trinajstić information content (AvgIpc) is 3.46. The Morgan fingerprint density at radius 1 is 1.18 bits per heavy atom. The van der Waals surface area contributed by atoms with Gasteiger partial charge < -0.3 is 19.1 Å². The Labute approximate surface area is 168 Å². The van der Waals surface area contributed by atoms with E-state index in [0.29, 0.717) is 17.9 Å². The van der Waals surface area contributed by atoms with Crippen molar-refractivity contribution in [3.8, 4) is 11.5 Å². The van der Waals surface area contributed by atoms with Gasteiger partial charge in [0, 0.05) is 43.2 Å². The van der Waals surface area contributed by atoms with Gasteiger partial charge in [0.05, 0.1) is 7.11 Å². The van der Waals surface area contributed by atoms with E-state index in [0.717, 1.165) is 24.0 Å². The minimum Gasteiger partial charge on any atom is -0.493 e. The number of piperidine rings is 1. The van der Waals surface area contributed by atoms with Crippen molar-refractivity contribution in [1.29, 1.82) is 0 Å². The average molecular weight is 384 g/mol. The number of hydrogen-bond donors (Lipinski definition) is 0. The summed E-state index contributed by atoms with van der Waals surface area (Å²) in [6.45, 7) is 4.63. The molecule has 5 unspecified atom stereocenters. The second-order valence-corrected chi connectivity index (χ2v) is 10.1. The molecule has 152 valence electrons.